The third-order valence-electron chi connectivity index (χ3n) is 2.80. The highest BCUT2D eigenvalue weighted by atomic mass is 79.9. The summed E-state index contributed by atoms with van der Waals surface area (Å²) in [5, 5.41) is 19.8. The Hall–Kier alpha value is -0.520. The van der Waals surface area contributed by atoms with Gasteiger partial charge in [0, 0.05) is 10.2 Å². The van der Waals surface area contributed by atoms with Crippen LogP contribution in [0.3, 0.4) is 0 Å². The van der Waals surface area contributed by atoms with Crippen LogP contribution < -0.4 is 0 Å². The fraction of sp³-hybridized carbons (Fsp3) is 0.500. The zero-order chi connectivity index (χ0) is 14.3. The van der Waals surface area contributed by atoms with E-state index in [4.69, 9.17) is 5.11 Å². The third-order valence-corrected chi connectivity index (χ3v) is 4.46. The van der Waals surface area contributed by atoms with Crippen LogP contribution >= 0.6 is 27.7 Å². The van der Waals surface area contributed by atoms with Crippen LogP contribution in [-0.4, -0.2) is 27.3 Å². The van der Waals surface area contributed by atoms with Crippen molar-refractivity contribution in [3.8, 4) is 0 Å². The Bertz CT molecular complexity index is 394. The molecule has 1 rings (SSSR count). The smallest absolute Gasteiger partial charge is 0.303 e. The third kappa shape index (κ3) is 5.97. The van der Waals surface area contributed by atoms with Crippen LogP contribution in [0.4, 0.5) is 0 Å². The summed E-state index contributed by atoms with van der Waals surface area (Å²) >= 11 is 5.17. The molecule has 0 radical (unpaired) electrons. The number of carboxylic acid groups (broad SMARTS) is 1. The second kappa shape index (κ2) is 8.61. The van der Waals surface area contributed by atoms with Gasteiger partial charge in [-0.2, -0.15) is 0 Å². The Kier molecular flexibility index (Phi) is 7.49. The standard InChI is InChI=1S/C14H19BrO3S/c1-10(9-13(16)17)14(18)11-3-5-12(6-4-11)19-8-2-7-15/h3-6,10,14,18H,2,7-9H2,1H3,(H,16,17)/t10-,14+/m0/s1. The Morgan fingerprint density at radius 2 is 2.00 bits per heavy atom. The molecule has 0 aliphatic carbocycles. The van der Waals surface area contributed by atoms with E-state index in [9.17, 15) is 9.90 Å². The fourth-order valence-electron chi connectivity index (χ4n) is 1.72. The number of benzene rings is 1. The molecule has 106 valence electrons. The quantitative estimate of drug-likeness (QED) is 0.428. The molecular formula is C14H19BrO3S. The van der Waals surface area contributed by atoms with Crippen molar-refractivity contribution < 1.29 is 15.0 Å². The summed E-state index contributed by atoms with van der Waals surface area (Å²) in [7, 11) is 0. The van der Waals surface area contributed by atoms with E-state index in [1.807, 2.05) is 24.3 Å². The maximum Gasteiger partial charge on any atom is 0.303 e. The molecule has 0 fully saturated rings. The average molecular weight is 347 g/mol. The highest BCUT2D eigenvalue weighted by Crippen LogP contribution is 2.27. The Morgan fingerprint density at radius 3 is 2.53 bits per heavy atom. The van der Waals surface area contributed by atoms with E-state index >= 15 is 0 Å². The number of carboxylic acids is 1. The van der Waals surface area contributed by atoms with Gasteiger partial charge in [-0.05, 0) is 35.8 Å². The van der Waals surface area contributed by atoms with Crippen molar-refractivity contribution in [3.63, 3.8) is 0 Å². The summed E-state index contributed by atoms with van der Waals surface area (Å²) in [5.41, 5.74) is 0.776. The number of thioether (sulfide) groups is 1. The van der Waals surface area contributed by atoms with Crippen LogP contribution in [0.25, 0.3) is 0 Å². The van der Waals surface area contributed by atoms with Crippen molar-refractivity contribution in [1.82, 2.24) is 0 Å². The minimum absolute atomic E-state index is 0.0249. The number of aliphatic carboxylic acids is 1. The normalized spacial score (nSPS) is 14.1. The summed E-state index contributed by atoms with van der Waals surface area (Å²) in [5.74, 6) is -0.111. The molecule has 3 nitrogen and oxygen atoms in total. The van der Waals surface area contributed by atoms with Gasteiger partial charge < -0.3 is 10.2 Å². The van der Waals surface area contributed by atoms with Gasteiger partial charge >= 0.3 is 5.97 Å². The second-order valence-electron chi connectivity index (χ2n) is 4.48. The first-order valence-electron chi connectivity index (χ1n) is 6.23. The van der Waals surface area contributed by atoms with E-state index in [2.05, 4.69) is 15.9 Å². The molecule has 2 atom stereocenters. The highest BCUT2D eigenvalue weighted by molar-refractivity contribution is 9.09. The Balaban J connectivity index is 2.57. The molecule has 0 saturated heterocycles. The summed E-state index contributed by atoms with van der Waals surface area (Å²) < 4.78 is 0. The summed E-state index contributed by atoms with van der Waals surface area (Å²) in [6, 6.07) is 7.70. The molecule has 19 heavy (non-hydrogen) atoms. The van der Waals surface area contributed by atoms with E-state index in [1.54, 1.807) is 18.7 Å². The van der Waals surface area contributed by atoms with Gasteiger partial charge in [0.05, 0.1) is 12.5 Å². The molecular weight excluding hydrogens is 328 g/mol. The van der Waals surface area contributed by atoms with Gasteiger partial charge in [0.15, 0.2) is 0 Å². The van der Waals surface area contributed by atoms with E-state index in [1.165, 1.54) is 4.90 Å². The molecule has 1 aromatic carbocycles. The number of rotatable bonds is 8. The van der Waals surface area contributed by atoms with Gasteiger partial charge in [0.1, 0.15) is 0 Å². The topological polar surface area (TPSA) is 57.5 Å². The van der Waals surface area contributed by atoms with Crippen molar-refractivity contribution in [3.05, 3.63) is 29.8 Å². The SMILES string of the molecule is C[C@@H](CC(=O)O)[C@@H](O)c1ccc(SCCCBr)cc1. The lowest BCUT2D eigenvalue weighted by molar-refractivity contribution is -0.139. The number of aliphatic hydroxyl groups excluding tert-OH is 1. The monoisotopic (exact) mass is 346 g/mol. The predicted octanol–water partition coefficient (Wildman–Crippen LogP) is 3.71. The molecule has 1 aromatic rings. The lowest BCUT2D eigenvalue weighted by Gasteiger charge is -2.17. The predicted molar refractivity (Wildman–Crippen MR) is 82.0 cm³/mol. The zero-order valence-corrected chi connectivity index (χ0v) is 13.3. The van der Waals surface area contributed by atoms with Gasteiger partial charge in [-0.25, -0.2) is 0 Å². The molecule has 0 amide bonds. The summed E-state index contributed by atoms with van der Waals surface area (Å²) in [4.78, 5) is 11.8. The molecule has 0 bridgehead atoms. The van der Waals surface area contributed by atoms with Gasteiger partial charge in [0.25, 0.3) is 0 Å². The van der Waals surface area contributed by atoms with Crippen LogP contribution in [0.1, 0.15) is 31.4 Å². The largest absolute Gasteiger partial charge is 0.481 e. The van der Waals surface area contributed by atoms with Gasteiger partial charge in [-0.15, -0.1) is 11.8 Å². The Labute approximate surface area is 126 Å². The van der Waals surface area contributed by atoms with E-state index in [0.29, 0.717) is 0 Å². The van der Waals surface area contributed by atoms with Crippen LogP contribution in [0.2, 0.25) is 0 Å². The first kappa shape index (κ1) is 16.5. The molecule has 2 N–H and O–H groups in total. The van der Waals surface area contributed by atoms with Crippen LogP contribution in [-0.2, 0) is 4.79 Å². The first-order valence-corrected chi connectivity index (χ1v) is 8.34. The molecule has 0 aromatic heterocycles. The van der Waals surface area contributed by atoms with Crippen LogP contribution in [0, 0.1) is 5.92 Å². The van der Waals surface area contributed by atoms with E-state index < -0.39 is 12.1 Å². The summed E-state index contributed by atoms with van der Waals surface area (Å²) in [6.45, 7) is 1.75. The number of alkyl halides is 1. The number of carbonyl (C=O) groups is 1. The second-order valence-corrected chi connectivity index (χ2v) is 6.44. The molecule has 0 unspecified atom stereocenters. The minimum atomic E-state index is -0.881. The fourth-order valence-corrected chi connectivity index (χ4v) is 3.23. The molecule has 0 saturated carbocycles. The van der Waals surface area contributed by atoms with Gasteiger partial charge in [0.2, 0.25) is 0 Å². The molecule has 5 heteroatoms. The number of aliphatic hydroxyl groups is 1. The van der Waals surface area contributed by atoms with Crippen molar-refractivity contribution >= 4 is 33.7 Å². The maximum atomic E-state index is 10.6. The first-order chi connectivity index (χ1) is 9.04. The zero-order valence-electron chi connectivity index (χ0n) is 10.9. The molecule has 0 spiro atoms. The molecule has 0 aliphatic heterocycles. The van der Waals surface area contributed by atoms with E-state index in [0.717, 1.165) is 23.1 Å². The number of hydrogen-bond acceptors (Lipinski definition) is 3. The lowest BCUT2D eigenvalue weighted by atomic mass is 9.95. The van der Waals surface area contributed by atoms with Crippen LogP contribution in [0.5, 0.6) is 0 Å². The van der Waals surface area contributed by atoms with Crippen molar-refractivity contribution in [1.29, 1.82) is 0 Å². The maximum absolute atomic E-state index is 10.6. The van der Waals surface area contributed by atoms with Crippen LogP contribution in [0.15, 0.2) is 29.2 Å². The van der Waals surface area contributed by atoms with Crippen molar-refractivity contribution in [2.24, 2.45) is 5.92 Å². The summed E-state index contributed by atoms with van der Waals surface area (Å²) in [6.07, 6.45) is 0.367. The molecule has 0 aliphatic rings. The lowest BCUT2D eigenvalue weighted by Crippen LogP contribution is -2.13. The van der Waals surface area contributed by atoms with Gasteiger partial charge in [-0.3, -0.25) is 4.79 Å². The Morgan fingerprint density at radius 1 is 1.37 bits per heavy atom. The average Bonchev–Trinajstić information content (AvgIpc) is 2.38. The highest BCUT2D eigenvalue weighted by Gasteiger charge is 2.18. The number of halogens is 1. The van der Waals surface area contributed by atoms with Gasteiger partial charge in [-0.1, -0.05) is 35.0 Å². The number of hydrogen-bond donors (Lipinski definition) is 2. The van der Waals surface area contributed by atoms with Crippen molar-refractivity contribution in [2.45, 2.75) is 30.8 Å². The minimum Gasteiger partial charge on any atom is -0.481 e. The van der Waals surface area contributed by atoms with Crippen molar-refractivity contribution in [2.75, 3.05) is 11.1 Å². The van der Waals surface area contributed by atoms with E-state index in [-0.39, 0.29) is 12.3 Å². The molecule has 0 heterocycles.